The van der Waals surface area contributed by atoms with Gasteiger partial charge in [-0.05, 0) is 24.3 Å². The predicted molar refractivity (Wildman–Crippen MR) is 62.7 cm³/mol. The summed E-state index contributed by atoms with van der Waals surface area (Å²) in [6, 6.07) is 7.29. The first-order valence-corrected chi connectivity index (χ1v) is 5.34. The number of hydrogen-bond donors (Lipinski definition) is 1. The molecule has 0 saturated heterocycles. The Hall–Kier alpha value is -2.20. The minimum Gasteiger partial charge on any atom is -0.382 e. The first-order chi connectivity index (χ1) is 8.84. The van der Waals surface area contributed by atoms with E-state index in [4.69, 9.17) is 22.6 Å². The van der Waals surface area contributed by atoms with Gasteiger partial charge in [0.15, 0.2) is 5.69 Å². The van der Waals surface area contributed by atoms with Crippen LogP contribution >= 0.6 is 11.6 Å². The van der Waals surface area contributed by atoms with Crippen molar-refractivity contribution in [1.82, 2.24) is 9.78 Å². The molecule has 0 aliphatic rings. The number of halogens is 4. The van der Waals surface area contributed by atoms with Crippen molar-refractivity contribution in [3.05, 3.63) is 40.5 Å². The lowest BCUT2D eigenvalue weighted by molar-refractivity contribution is -0.141. The fraction of sp³-hybridized carbons (Fsp3) is 0.0909. The van der Waals surface area contributed by atoms with Crippen molar-refractivity contribution < 1.29 is 13.2 Å². The van der Waals surface area contributed by atoms with Gasteiger partial charge in [-0.15, -0.1) is 0 Å². The maximum absolute atomic E-state index is 12.7. The molecule has 1 aromatic carbocycles. The molecule has 1 aromatic heterocycles. The van der Waals surface area contributed by atoms with Crippen molar-refractivity contribution in [2.24, 2.45) is 0 Å². The molecule has 0 amide bonds. The Balaban J connectivity index is 2.64. The Morgan fingerprint density at radius 3 is 2.26 bits per heavy atom. The number of hydrogen-bond acceptors (Lipinski definition) is 3. The summed E-state index contributed by atoms with van der Waals surface area (Å²) < 4.78 is 39.0. The maximum atomic E-state index is 12.7. The lowest BCUT2D eigenvalue weighted by Crippen LogP contribution is -2.08. The van der Waals surface area contributed by atoms with E-state index in [1.54, 1.807) is 0 Å². The van der Waals surface area contributed by atoms with Gasteiger partial charge in [-0.3, -0.25) is 0 Å². The number of nitriles is 1. The Bertz CT molecular complexity index is 652. The molecule has 4 nitrogen and oxygen atoms in total. The molecule has 0 unspecified atom stereocenters. The van der Waals surface area contributed by atoms with Gasteiger partial charge in [0.1, 0.15) is 17.5 Å². The largest absolute Gasteiger partial charge is 0.436 e. The summed E-state index contributed by atoms with van der Waals surface area (Å²) in [4.78, 5) is 0. The minimum atomic E-state index is -4.74. The molecule has 1 heterocycles. The fourth-order valence-corrected chi connectivity index (χ4v) is 1.64. The van der Waals surface area contributed by atoms with E-state index in [0.717, 1.165) is 4.68 Å². The molecule has 0 aliphatic heterocycles. The second kappa shape index (κ2) is 4.48. The molecule has 2 rings (SSSR count). The van der Waals surface area contributed by atoms with Crippen molar-refractivity contribution >= 4 is 17.4 Å². The average Bonchev–Trinajstić information content (AvgIpc) is 2.67. The second-order valence-corrected chi connectivity index (χ2v) is 4.04. The predicted octanol–water partition coefficient (Wildman–Crippen LogP) is 3.00. The molecule has 98 valence electrons. The third kappa shape index (κ3) is 2.35. The van der Waals surface area contributed by atoms with Gasteiger partial charge < -0.3 is 5.73 Å². The van der Waals surface area contributed by atoms with Crippen LogP contribution in [0.1, 0.15) is 11.3 Å². The number of aromatic nitrogens is 2. The molecule has 8 heteroatoms. The van der Waals surface area contributed by atoms with Crippen LogP contribution in [0.15, 0.2) is 24.3 Å². The Kier molecular flexibility index (Phi) is 3.12. The van der Waals surface area contributed by atoms with Crippen LogP contribution in [0.4, 0.5) is 19.0 Å². The molecule has 0 bridgehead atoms. The number of nitrogens with two attached hydrogens (primary N) is 1. The van der Waals surface area contributed by atoms with Crippen molar-refractivity contribution in [3.63, 3.8) is 0 Å². The monoisotopic (exact) mass is 286 g/mol. The number of nitrogens with zero attached hydrogens (tertiary/aromatic N) is 3. The molecule has 0 aliphatic carbocycles. The van der Waals surface area contributed by atoms with Crippen LogP contribution in [0.3, 0.4) is 0 Å². The van der Waals surface area contributed by atoms with Crippen molar-refractivity contribution in [1.29, 1.82) is 5.26 Å². The quantitative estimate of drug-likeness (QED) is 0.876. The van der Waals surface area contributed by atoms with Gasteiger partial charge in [0.25, 0.3) is 0 Å². The summed E-state index contributed by atoms with van der Waals surface area (Å²) >= 11 is 5.68. The number of rotatable bonds is 1. The highest BCUT2D eigenvalue weighted by molar-refractivity contribution is 6.30. The van der Waals surface area contributed by atoms with Gasteiger partial charge in [0.05, 0.1) is 5.69 Å². The van der Waals surface area contributed by atoms with E-state index in [1.807, 2.05) is 0 Å². The van der Waals surface area contributed by atoms with E-state index >= 15 is 0 Å². The molecule has 2 aromatic rings. The molecule has 0 spiro atoms. The van der Waals surface area contributed by atoms with Crippen molar-refractivity contribution in [2.45, 2.75) is 6.18 Å². The summed E-state index contributed by atoms with van der Waals surface area (Å²) in [5, 5.41) is 12.5. The number of benzene rings is 1. The normalized spacial score (nSPS) is 11.3. The summed E-state index contributed by atoms with van der Waals surface area (Å²) in [6.45, 7) is 0. The van der Waals surface area contributed by atoms with Gasteiger partial charge in [0, 0.05) is 5.02 Å². The summed E-state index contributed by atoms with van der Waals surface area (Å²) in [5.74, 6) is -0.364. The number of nitrogen functional groups attached to an aromatic ring is 1. The maximum Gasteiger partial charge on any atom is 0.436 e. The fourth-order valence-electron chi connectivity index (χ4n) is 1.52. The van der Waals surface area contributed by atoms with E-state index in [1.165, 1.54) is 30.3 Å². The van der Waals surface area contributed by atoms with Crippen LogP contribution in [-0.4, -0.2) is 9.78 Å². The topological polar surface area (TPSA) is 67.6 Å². The number of anilines is 1. The third-order valence-corrected chi connectivity index (χ3v) is 2.62. The van der Waals surface area contributed by atoms with E-state index < -0.39 is 17.4 Å². The van der Waals surface area contributed by atoms with Crippen molar-refractivity contribution in [3.8, 4) is 11.8 Å². The van der Waals surface area contributed by atoms with E-state index in [9.17, 15) is 13.2 Å². The van der Waals surface area contributed by atoms with E-state index in [0.29, 0.717) is 5.02 Å². The first kappa shape index (κ1) is 13.2. The van der Waals surface area contributed by atoms with Crippen LogP contribution in [0.2, 0.25) is 5.02 Å². The van der Waals surface area contributed by atoms with Crippen LogP contribution in [0.5, 0.6) is 0 Å². The second-order valence-electron chi connectivity index (χ2n) is 3.61. The zero-order valence-corrected chi connectivity index (χ0v) is 10.00. The number of alkyl halides is 3. The summed E-state index contributed by atoms with van der Waals surface area (Å²) in [5.41, 5.74) is 3.82. The third-order valence-electron chi connectivity index (χ3n) is 2.37. The molecular weight excluding hydrogens is 281 g/mol. The molecule has 0 fully saturated rings. The van der Waals surface area contributed by atoms with E-state index in [-0.39, 0.29) is 11.5 Å². The summed E-state index contributed by atoms with van der Waals surface area (Å²) in [6.07, 6.45) is -4.74. The van der Waals surface area contributed by atoms with Crippen LogP contribution in [0.25, 0.3) is 5.69 Å². The van der Waals surface area contributed by atoms with Crippen LogP contribution in [-0.2, 0) is 6.18 Å². The highest BCUT2D eigenvalue weighted by Gasteiger charge is 2.39. The van der Waals surface area contributed by atoms with Crippen molar-refractivity contribution in [2.75, 3.05) is 5.73 Å². The first-order valence-electron chi connectivity index (χ1n) is 4.96. The minimum absolute atomic E-state index is 0.286. The average molecular weight is 287 g/mol. The van der Waals surface area contributed by atoms with Gasteiger partial charge in [0.2, 0.25) is 0 Å². The molecule has 0 atom stereocenters. The van der Waals surface area contributed by atoms with Gasteiger partial charge in [-0.25, -0.2) is 4.68 Å². The van der Waals surface area contributed by atoms with Gasteiger partial charge >= 0.3 is 6.18 Å². The molecule has 2 N–H and O–H groups in total. The van der Waals surface area contributed by atoms with Gasteiger partial charge in [-0.2, -0.15) is 23.5 Å². The molecule has 19 heavy (non-hydrogen) atoms. The SMILES string of the molecule is N#Cc1c(C(F)(F)F)nn(-c2ccc(Cl)cc2)c1N. The Morgan fingerprint density at radius 1 is 1.26 bits per heavy atom. The van der Waals surface area contributed by atoms with Crippen LogP contribution < -0.4 is 5.73 Å². The van der Waals surface area contributed by atoms with Gasteiger partial charge in [-0.1, -0.05) is 11.6 Å². The summed E-state index contributed by atoms with van der Waals surface area (Å²) in [7, 11) is 0. The zero-order valence-electron chi connectivity index (χ0n) is 9.24. The lowest BCUT2D eigenvalue weighted by atomic mass is 10.2. The van der Waals surface area contributed by atoms with Crippen LogP contribution in [0, 0.1) is 11.3 Å². The highest BCUT2D eigenvalue weighted by atomic mass is 35.5. The Morgan fingerprint density at radius 2 is 1.84 bits per heavy atom. The smallest absolute Gasteiger partial charge is 0.382 e. The lowest BCUT2D eigenvalue weighted by Gasteiger charge is -2.03. The molecule has 0 radical (unpaired) electrons. The Labute approximate surface area is 110 Å². The molecular formula is C11H6ClF3N4. The molecule has 0 saturated carbocycles. The van der Waals surface area contributed by atoms with E-state index in [2.05, 4.69) is 5.10 Å². The standard InChI is InChI=1S/C11H6ClF3N4/c12-6-1-3-7(4-2-6)19-10(17)8(5-16)9(18-19)11(13,14)15/h1-4H,17H2. The zero-order chi connectivity index (χ0) is 14.2. The highest BCUT2D eigenvalue weighted by Crippen LogP contribution is 2.34.